The van der Waals surface area contributed by atoms with Crippen molar-refractivity contribution < 1.29 is 14.8 Å². The zero-order chi connectivity index (χ0) is 14.8. The summed E-state index contributed by atoms with van der Waals surface area (Å²) >= 11 is 2.08. The second-order valence-corrected chi connectivity index (χ2v) is 6.25. The molecular formula is C13H17IN2O4. The maximum absolute atomic E-state index is 10.7. The molecule has 0 aliphatic carbocycles. The maximum Gasteiger partial charge on any atom is 0.270 e. The molecule has 0 spiro atoms. The van der Waals surface area contributed by atoms with Crippen molar-refractivity contribution >= 4 is 34.0 Å². The quantitative estimate of drug-likeness (QED) is 0.483. The van der Waals surface area contributed by atoms with Gasteiger partial charge in [0.2, 0.25) is 0 Å². The Labute approximate surface area is 131 Å². The van der Waals surface area contributed by atoms with E-state index in [0.29, 0.717) is 32.6 Å². The summed E-state index contributed by atoms with van der Waals surface area (Å²) in [5.41, 5.74) is 0.213. The number of nitrogens with zero attached hydrogens (tertiary/aromatic N) is 2. The summed E-state index contributed by atoms with van der Waals surface area (Å²) in [5.74, 6) is 0. The van der Waals surface area contributed by atoms with Gasteiger partial charge >= 0.3 is 0 Å². The first-order valence-electron chi connectivity index (χ1n) is 6.36. The lowest BCUT2D eigenvalue weighted by atomic mass is 9.94. The van der Waals surface area contributed by atoms with Crippen molar-refractivity contribution in [3.8, 4) is 0 Å². The van der Waals surface area contributed by atoms with E-state index in [9.17, 15) is 15.2 Å². The van der Waals surface area contributed by atoms with E-state index >= 15 is 0 Å². The minimum Gasteiger partial charge on any atom is -0.388 e. The summed E-state index contributed by atoms with van der Waals surface area (Å²) < 4.78 is 6.06. The van der Waals surface area contributed by atoms with Crippen LogP contribution in [-0.2, 0) is 4.74 Å². The molecule has 7 heteroatoms. The molecule has 0 aromatic heterocycles. The Morgan fingerprint density at radius 2 is 2.15 bits per heavy atom. The molecule has 2 rings (SSSR count). The first-order valence-corrected chi connectivity index (χ1v) is 7.44. The Morgan fingerprint density at radius 1 is 1.50 bits per heavy atom. The molecule has 110 valence electrons. The number of rotatable bonds is 4. The number of benzene rings is 1. The third kappa shape index (κ3) is 3.58. The second-order valence-electron chi connectivity index (χ2n) is 5.09. The van der Waals surface area contributed by atoms with Gasteiger partial charge in [-0.1, -0.05) is 0 Å². The molecule has 0 unspecified atom stereocenters. The van der Waals surface area contributed by atoms with Crippen LogP contribution in [0.3, 0.4) is 0 Å². The molecule has 1 aromatic rings. The molecule has 1 fully saturated rings. The van der Waals surface area contributed by atoms with E-state index < -0.39 is 10.5 Å². The molecule has 0 radical (unpaired) electrons. The first-order chi connectivity index (χ1) is 9.41. The van der Waals surface area contributed by atoms with E-state index in [-0.39, 0.29) is 5.69 Å². The molecule has 1 N–H and O–H groups in total. The molecule has 1 heterocycles. The summed E-state index contributed by atoms with van der Waals surface area (Å²) in [6, 6.07) is 4.75. The predicted molar refractivity (Wildman–Crippen MR) is 84.1 cm³/mol. The van der Waals surface area contributed by atoms with Gasteiger partial charge in [-0.15, -0.1) is 0 Å². The third-order valence-corrected chi connectivity index (χ3v) is 4.37. The Kier molecular flexibility index (Phi) is 4.82. The molecule has 0 saturated carbocycles. The number of anilines is 1. The van der Waals surface area contributed by atoms with Crippen LogP contribution >= 0.6 is 22.6 Å². The van der Waals surface area contributed by atoms with Crippen molar-refractivity contribution in [3.05, 3.63) is 31.9 Å². The van der Waals surface area contributed by atoms with Crippen LogP contribution in [0.2, 0.25) is 0 Å². The number of non-ortho nitro benzene ring substituents is 1. The van der Waals surface area contributed by atoms with E-state index in [1.165, 1.54) is 6.07 Å². The zero-order valence-electron chi connectivity index (χ0n) is 11.2. The van der Waals surface area contributed by atoms with Crippen LogP contribution in [0.4, 0.5) is 11.4 Å². The number of nitro groups is 1. The Morgan fingerprint density at radius 3 is 2.70 bits per heavy atom. The standard InChI is InChI=1S/C13H17IN2O4/c1-15(9-13(17)4-6-20-7-5-13)12-3-2-10(16(18)19)8-11(12)14/h2-3,8,17H,4-7,9H2,1H3. The van der Waals surface area contributed by atoms with Crippen LogP contribution in [0.1, 0.15) is 12.8 Å². The van der Waals surface area contributed by atoms with Crippen LogP contribution in [0.25, 0.3) is 0 Å². The van der Waals surface area contributed by atoms with Gasteiger partial charge in [-0.05, 0) is 28.7 Å². The van der Waals surface area contributed by atoms with Crippen molar-refractivity contribution in [2.75, 3.05) is 31.7 Å². The van der Waals surface area contributed by atoms with Gasteiger partial charge in [0.1, 0.15) is 0 Å². The van der Waals surface area contributed by atoms with E-state index in [1.807, 2.05) is 11.9 Å². The fourth-order valence-electron chi connectivity index (χ4n) is 2.36. The van der Waals surface area contributed by atoms with E-state index in [4.69, 9.17) is 4.74 Å². The molecule has 1 saturated heterocycles. The Balaban J connectivity index is 2.12. The third-order valence-electron chi connectivity index (χ3n) is 3.51. The fourth-order valence-corrected chi connectivity index (χ4v) is 3.27. The van der Waals surface area contributed by atoms with Gasteiger partial charge in [0.05, 0.1) is 16.2 Å². The monoisotopic (exact) mass is 392 g/mol. The number of ether oxygens (including phenoxy) is 1. The number of aliphatic hydroxyl groups is 1. The van der Waals surface area contributed by atoms with Gasteiger partial charge in [0, 0.05) is 55.4 Å². The van der Waals surface area contributed by atoms with Crippen molar-refractivity contribution in [1.82, 2.24) is 0 Å². The molecule has 0 amide bonds. The van der Waals surface area contributed by atoms with Crippen molar-refractivity contribution in [2.24, 2.45) is 0 Å². The minimum absolute atomic E-state index is 0.0799. The number of hydrogen-bond acceptors (Lipinski definition) is 5. The highest BCUT2D eigenvalue weighted by atomic mass is 127. The lowest BCUT2D eigenvalue weighted by Crippen LogP contribution is -2.45. The van der Waals surface area contributed by atoms with Crippen molar-refractivity contribution in [1.29, 1.82) is 0 Å². The van der Waals surface area contributed by atoms with Crippen molar-refractivity contribution in [3.63, 3.8) is 0 Å². The van der Waals surface area contributed by atoms with E-state index in [2.05, 4.69) is 22.6 Å². The SMILES string of the molecule is CN(CC1(O)CCOCC1)c1ccc([N+](=O)[O-])cc1I. The summed E-state index contributed by atoms with van der Waals surface area (Å²) in [4.78, 5) is 12.3. The van der Waals surface area contributed by atoms with Gasteiger partial charge in [0.15, 0.2) is 0 Å². The lowest BCUT2D eigenvalue weighted by Gasteiger charge is -2.36. The molecule has 1 aromatic carbocycles. The molecule has 20 heavy (non-hydrogen) atoms. The molecular weight excluding hydrogens is 375 g/mol. The largest absolute Gasteiger partial charge is 0.388 e. The minimum atomic E-state index is -0.752. The van der Waals surface area contributed by atoms with Crippen LogP contribution in [0, 0.1) is 13.7 Å². The van der Waals surface area contributed by atoms with E-state index in [0.717, 1.165) is 9.26 Å². The average molecular weight is 392 g/mol. The fraction of sp³-hybridized carbons (Fsp3) is 0.538. The normalized spacial score (nSPS) is 17.8. The number of likely N-dealkylation sites (N-methyl/N-ethyl adjacent to an activating group) is 1. The second kappa shape index (κ2) is 6.23. The summed E-state index contributed by atoms with van der Waals surface area (Å²) in [5, 5.41) is 21.2. The highest BCUT2D eigenvalue weighted by Crippen LogP contribution is 2.29. The highest BCUT2D eigenvalue weighted by Gasteiger charge is 2.31. The summed E-state index contributed by atoms with van der Waals surface area (Å²) in [6.07, 6.45) is 1.22. The molecule has 0 bridgehead atoms. The Hall–Kier alpha value is -0.930. The van der Waals surface area contributed by atoms with Gasteiger partial charge in [-0.25, -0.2) is 0 Å². The first kappa shape index (κ1) is 15.5. The van der Waals surface area contributed by atoms with E-state index in [1.54, 1.807) is 12.1 Å². The van der Waals surface area contributed by atoms with Gasteiger partial charge in [-0.3, -0.25) is 10.1 Å². The molecule has 6 nitrogen and oxygen atoms in total. The Bertz CT molecular complexity index is 503. The maximum atomic E-state index is 10.7. The van der Waals surface area contributed by atoms with Gasteiger partial charge < -0.3 is 14.7 Å². The van der Waals surface area contributed by atoms with Gasteiger partial charge in [0.25, 0.3) is 5.69 Å². The number of halogens is 1. The number of hydrogen-bond donors (Lipinski definition) is 1. The van der Waals surface area contributed by atoms with Crippen LogP contribution in [0.15, 0.2) is 18.2 Å². The summed E-state index contributed by atoms with van der Waals surface area (Å²) in [7, 11) is 1.89. The molecule has 0 atom stereocenters. The predicted octanol–water partition coefficient (Wildman–Crippen LogP) is 2.18. The van der Waals surface area contributed by atoms with Crippen LogP contribution in [-0.4, -0.2) is 42.4 Å². The number of nitro benzene ring substituents is 1. The van der Waals surface area contributed by atoms with Crippen LogP contribution in [0.5, 0.6) is 0 Å². The smallest absolute Gasteiger partial charge is 0.270 e. The van der Waals surface area contributed by atoms with Crippen molar-refractivity contribution in [2.45, 2.75) is 18.4 Å². The lowest BCUT2D eigenvalue weighted by molar-refractivity contribution is -0.384. The van der Waals surface area contributed by atoms with Gasteiger partial charge in [-0.2, -0.15) is 0 Å². The topological polar surface area (TPSA) is 75.8 Å². The highest BCUT2D eigenvalue weighted by molar-refractivity contribution is 14.1. The van der Waals surface area contributed by atoms with Crippen LogP contribution < -0.4 is 4.90 Å². The average Bonchev–Trinajstić information content (AvgIpc) is 2.38. The molecule has 1 aliphatic rings. The zero-order valence-corrected chi connectivity index (χ0v) is 13.4. The summed E-state index contributed by atoms with van der Waals surface area (Å²) in [6.45, 7) is 1.63. The molecule has 1 aliphatic heterocycles.